The first-order chi connectivity index (χ1) is 9.67. The molecule has 2 heterocycles. The number of carbonyl (C=O) groups excluding carboxylic acids is 1. The van der Waals surface area contributed by atoms with E-state index in [-0.39, 0.29) is 18.1 Å². The Bertz CT molecular complexity index is 478. The maximum Gasteiger partial charge on any atom is 0.248 e. The molecular formula is C16H22N2O2. The van der Waals surface area contributed by atoms with Crippen molar-refractivity contribution in [1.29, 1.82) is 0 Å². The highest BCUT2D eigenvalue weighted by atomic mass is 16.5. The third-order valence-electron chi connectivity index (χ3n) is 4.34. The predicted molar refractivity (Wildman–Crippen MR) is 77.4 cm³/mol. The molecule has 0 radical (unpaired) electrons. The normalized spacial score (nSPS) is 22.2. The molecule has 1 amide bonds. The molecule has 4 nitrogen and oxygen atoms in total. The number of rotatable bonds is 2. The monoisotopic (exact) mass is 274 g/mol. The molecule has 1 spiro atoms. The molecule has 20 heavy (non-hydrogen) atoms. The van der Waals surface area contributed by atoms with E-state index in [1.165, 1.54) is 11.1 Å². The second-order valence-electron chi connectivity index (χ2n) is 5.96. The average molecular weight is 274 g/mol. The minimum Gasteiger partial charge on any atom is -0.363 e. The summed E-state index contributed by atoms with van der Waals surface area (Å²) >= 11 is 0. The molecule has 0 saturated carbocycles. The Morgan fingerprint density at radius 1 is 1.25 bits per heavy atom. The van der Waals surface area contributed by atoms with E-state index in [1.54, 1.807) is 0 Å². The molecule has 1 N–H and O–H groups in total. The summed E-state index contributed by atoms with van der Waals surface area (Å²) in [4.78, 5) is 14.0. The molecule has 2 fully saturated rings. The van der Waals surface area contributed by atoms with Gasteiger partial charge in [0.1, 0.15) is 6.61 Å². The van der Waals surface area contributed by atoms with Crippen LogP contribution in [0.15, 0.2) is 24.3 Å². The summed E-state index contributed by atoms with van der Waals surface area (Å²) in [6.07, 6.45) is 1.98. The van der Waals surface area contributed by atoms with E-state index in [9.17, 15) is 4.79 Å². The number of ether oxygens (including phenoxy) is 1. The van der Waals surface area contributed by atoms with E-state index < -0.39 is 0 Å². The van der Waals surface area contributed by atoms with Gasteiger partial charge in [0, 0.05) is 6.54 Å². The molecule has 2 aliphatic rings. The molecule has 108 valence electrons. The lowest BCUT2D eigenvalue weighted by molar-refractivity contribution is -0.168. The number of amides is 1. The Morgan fingerprint density at radius 2 is 1.95 bits per heavy atom. The molecule has 3 rings (SSSR count). The second kappa shape index (κ2) is 5.54. The number of carbonyl (C=O) groups is 1. The van der Waals surface area contributed by atoms with Crippen LogP contribution in [0.4, 0.5) is 0 Å². The van der Waals surface area contributed by atoms with Crippen LogP contribution in [0.2, 0.25) is 0 Å². The van der Waals surface area contributed by atoms with Gasteiger partial charge in [0.25, 0.3) is 0 Å². The first-order valence-corrected chi connectivity index (χ1v) is 7.35. The zero-order chi connectivity index (χ0) is 14.0. The number of hydrogen-bond acceptors (Lipinski definition) is 3. The molecule has 4 heteroatoms. The van der Waals surface area contributed by atoms with Gasteiger partial charge < -0.3 is 15.0 Å². The molecule has 1 aromatic rings. The standard InChI is InChI=1S/C16H22N2O2/c1-13-2-4-14(5-3-13)10-18-12-16(20-11-15(18)19)6-8-17-9-7-16/h2-5,17H,6-12H2,1H3. The quantitative estimate of drug-likeness (QED) is 0.888. The van der Waals surface area contributed by atoms with Crippen LogP contribution in [0.3, 0.4) is 0 Å². The summed E-state index contributed by atoms with van der Waals surface area (Å²) < 4.78 is 5.87. The fourth-order valence-electron chi connectivity index (χ4n) is 3.03. The van der Waals surface area contributed by atoms with Gasteiger partial charge >= 0.3 is 0 Å². The van der Waals surface area contributed by atoms with Gasteiger partial charge in [0.2, 0.25) is 5.91 Å². The van der Waals surface area contributed by atoms with Gasteiger partial charge in [-0.15, -0.1) is 0 Å². The summed E-state index contributed by atoms with van der Waals surface area (Å²) in [6, 6.07) is 8.40. The van der Waals surface area contributed by atoms with Crippen molar-refractivity contribution in [2.75, 3.05) is 26.2 Å². The average Bonchev–Trinajstić information content (AvgIpc) is 2.47. The zero-order valence-electron chi connectivity index (χ0n) is 12.0. The zero-order valence-corrected chi connectivity index (χ0v) is 12.0. The van der Waals surface area contributed by atoms with Crippen LogP contribution in [0, 0.1) is 6.92 Å². The lowest BCUT2D eigenvalue weighted by atomic mass is 9.90. The van der Waals surface area contributed by atoms with Crippen LogP contribution in [0.1, 0.15) is 24.0 Å². The summed E-state index contributed by atoms with van der Waals surface area (Å²) in [5, 5.41) is 3.35. The molecule has 2 aliphatic heterocycles. The number of aryl methyl sites for hydroxylation is 1. The van der Waals surface area contributed by atoms with E-state index >= 15 is 0 Å². The van der Waals surface area contributed by atoms with Gasteiger partial charge in [-0.25, -0.2) is 0 Å². The van der Waals surface area contributed by atoms with Crippen molar-refractivity contribution < 1.29 is 9.53 Å². The number of morpholine rings is 1. The molecule has 0 aromatic heterocycles. The van der Waals surface area contributed by atoms with Crippen molar-refractivity contribution in [2.24, 2.45) is 0 Å². The number of benzene rings is 1. The van der Waals surface area contributed by atoms with Gasteiger partial charge in [-0.1, -0.05) is 29.8 Å². The minimum atomic E-state index is -0.121. The number of hydrogen-bond donors (Lipinski definition) is 1. The lowest BCUT2D eigenvalue weighted by Crippen LogP contribution is -2.57. The summed E-state index contributed by atoms with van der Waals surface area (Å²) in [7, 11) is 0. The third-order valence-corrected chi connectivity index (χ3v) is 4.34. The largest absolute Gasteiger partial charge is 0.363 e. The highest BCUT2D eigenvalue weighted by Gasteiger charge is 2.40. The maximum absolute atomic E-state index is 12.1. The number of nitrogens with one attached hydrogen (secondary N) is 1. The molecule has 0 unspecified atom stereocenters. The Balaban J connectivity index is 1.70. The van der Waals surface area contributed by atoms with Gasteiger partial charge in [0.05, 0.1) is 12.1 Å². The first kappa shape index (κ1) is 13.6. The Labute approximate surface area is 120 Å². The highest BCUT2D eigenvalue weighted by Crippen LogP contribution is 2.28. The van der Waals surface area contributed by atoms with Gasteiger partial charge in [-0.2, -0.15) is 0 Å². The van der Waals surface area contributed by atoms with Crippen LogP contribution in [-0.4, -0.2) is 42.6 Å². The third kappa shape index (κ3) is 2.86. The van der Waals surface area contributed by atoms with Crippen LogP contribution in [0.25, 0.3) is 0 Å². The minimum absolute atomic E-state index is 0.106. The fraction of sp³-hybridized carbons (Fsp3) is 0.562. The lowest BCUT2D eigenvalue weighted by Gasteiger charge is -2.44. The predicted octanol–water partition coefficient (Wildman–Crippen LogP) is 1.48. The molecule has 2 saturated heterocycles. The van der Waals surface area contributed by atoms with Gasteiger partial charge in [0.15, 0.2) is 0 Å². The van der Waals surface area contributed by atoms with E-state index in [0.717, 1.165) is 32.5 Å². The van der Waals surface area contributed by atoms with Crippen molar-refractivity contribution in [3.8, 4) is 0 Å². The number of piperidine rings is 1. The van der Waals surface area contributed by atoms with Gasteiger partial charge in [-0.3, -0.25) is 4.79 Å². The highest BCUT2D eigenvalue weighted by molar-refractivity contribution is 5.78. The van der Waals surface area contributed by atoms with Crippen molar-refractivity contribution in [3.05, 3.63) is 35.4 Å². The summed E-state index contributed by atoms with van der Waals surface area (Å²) in [6.45, 7) is 5.68. The maximum atomic E-state index is 12.1. The Kier molecular flexibility index (Phi) is 3.76. The SMILES string of the molecule is Cc1ccc(CN2CC3(CCNCC3)OCC2=O)cc1. The van der Waals surface area contributed by atoms with Crippen molar-refractivity contribution >= 4 is 5.91 Å². The van der Waals surface area contributed by atoms with Crippen LogP contribution >= 0.6 is 0 Å². The van der Waals surface area contributed by atoms with E-state index in [1.807, 2.05) is 4.90 Å². The van der Waals surface area contributed by atoms with Crippen LogP contribution in [-0.2, 0) is 16.1 Å². The molecule has 0 atom stereocenters. The Morgan fingerprint density at radius 3 is 2.65 bits per heavy atom. The molecular weight excluding hydrogens is 252 g/mol. The van der Waals surface area contributed by atoms with E-state index in [4.69, 9.17) is 4.74 Å². The van der Waals surface area contributed by atoms with Crippen LogP contribution < -0.4 is 5.32 Å². The first-order valence-electron chi connectivity index (χ1n) is 7.35. The number of nitrogens with zero attached hydrogens (tertiary/aromatic N) is 1. The van der Waals surface area contributed by atoms with Crippen molar-refractivity contribution in [1.82, 2.24) is 10.2 Å². The van der Waals surface area contributed by atoms with Crippen molar-refractivity contribution in [2.45, 2.75) is 31.9 Å². The second-order valence-corrected chi connectivity index (χ2v) is 5.96. The molecule has 0 aliphatic carbocycles. The van der Waals surface area contributed by atoms with Crippen LogP contribution in [0.5, 0.6) is 0 Å². The van der Waals surface area contributed by atoms with Crippen molar-refractivity contribution in [3.63, 3.8) is 0 Å². The van der Waals surface area contributed by atoms with Gasteiger partial charge in [-0.05, 0) is 38.4 Å². The Hall–Kier alpha value is -1.39. The summed E-state index contributed by atoms with van der Waals surface area (Å²) in [5.41, 5.74) is 2.32. The summed E-state index contributed by atoms with van der Waals surface area (Å²) in [5.74, 6) is 0.106. The van der Waals surface area contributed by atoms with E-state index in [0.29, 0.717) is 6.54 Å². The fourth-order valence-corrected chi connectivity index (χ4v) is 3.03. The van der Waals surface area contributed by atoms with E-state index in [2.05, 4.69) is 36.5 Å². The molecule has 0 bridgehead atoms. The topological polar surface area (TPSA) is 41.6 Å². The molecule has 1 aromatic carbocycles. The smallest absolute Gasteiger partial charge is 0.248 e.